The second kappa shape index (κ2) is 12.0. The van der Waals surface area contributed by atoms with E-state index >= 15 is 0 Å². The van der Waals surface area contributed by atoms with Gasteiger partial charge in [-0.15, -0.1) is 0 Å². The van der Waals surface area contributed by atoms with E-state index in [9.17, 15) is 9.90 Å². The number of aryl methyl sites for hydroxylation is 1. The van der Waals surface area contributed by atoms with Crippen molar-refractivity contribution in [1.82, 2.24) is 9.72 Å². The third-order valence-corrected chi connectivity index (χ3v) is 7.71. The van der Waals surface area contributed by atoms with Crippen LogP contribution in [0.5, 0.6) is 5.75 Å². The lowest BCUT2D eigenvalue weighted by Crippen LogP contribution is -2.03. The van der Waals surface area contributed by atoms with Crippen molar-refractivity contribution in [2.45, 2.75) is 39.8 Å². The number of carboxylic acid groups (broad SMARTS) is 1. The molecule has 9 heteroatoms. The fourth-order valence-electron chi connectivity index (χ4n) is 5.05. The Morgan fingerprint density at radius 1 is 1.10 bits per heavy atom. The first kappa shape index (κ1) is 28.7. The quantitative estimate of drug-likeness (QED) is 0.175. The van der Waals surface area contributed by atoms with Gasteiger partial charge in [-0.1, -0.05) is 66.5 Å². The van der Waals surface area contributed by atoms with E-state index in [1.54, 1.807) is 31.5 Å². The van der Waals surface area contributed by atoms with Gasteiger partial charge in [-0.05, 0) is 53.9 Å². The van der Waals surface area contributed by atoms with Crippen molar-refractivity contribution in [3.05, 3.63) is 93.3 Å². The van der Waals surface area contributed by atoms with Gasteiger partial charge >= 0.3 is 5.97 Å². The van der Waals surface area contributed by atoms with Gasteiger partial charge in [0.1, 0.15) is 23.8 Å². The highest BCUT2D eigenvalue weighted by Crippen LogP contribution is 2.39. The summed E-state index contributed by atoms with van der Waals surface area (Å²) in [6, 6.07) is 17.1. The summed E-state index contributed by atoms with van der Waals surface area (Å²) in [4.78, 5) is 11.8. The highest BCUT2D eigenvalue weighted by atomic mass is 35.5. The Balaban J connectivity index is 1.44. The minimum absolute atomic E-state index is 0.0830. The Kier molecular flexibility index (Phi) is 8.40. The van der Waals surface area contributed by atoms with Crippen molar-refractivity contribution in [3.8, 4) is 28.1 Å². The molecule has 5 aromatic rings. The summed E-state index contributed by atoms with van der Waals surface area (Å²) >= 11 is 13.0. The molecule has 0 spiro atoms. The van der Waals surface area contributed by atoms with Gasteiger partial charge in [0.2, 0.25) is 0 Å². The second-order valence-corrected chi connectivity index (χ2v) is 11.0. The van der Waals surface area contributed by atoms with E-state index in [2.05, 4.69) is 5.16 Å². The molecular formula is C32H30Cl2N2O5. The van der Waals surface area contributed by atoms with E-state index in [0.29, 0.717) is 45.6 Å². The zero-order chi connectivity index (χ0) is 29.3. The third-order valence-electron chi connectivity index (χ3n) is 7.08. The predicted molar refractivity (Wildman–Crippen MR) is 161 cm³/mol. The summed E-state index contributed by atoms with van der Waals surface area (Å²) in [6.07, 6.45) is 1.67. The largest absolute Gasteiger partial charge is 0.489 e. The van der Waals surface area contributed by atoms with Crippen LogP contribution in [0.25, 0.3) is 33.3 Å². The summed E-state index contributed by atoms with van der Waals surface area (Å²) < 4.78 is 19.1. The molecule has 0 bridgehead atoms. The number of aromatic nitrogens is 2. The number of fused-ring (bicyclic) bond motifs is 1. The van der Waals surface area contributed by atoms with E-state index in [1.807, 2.05) is 61.7 Å². The molecule has 0 aliphatic carbocycles. The van der Waals surface area contributed by atoms with Gasteiger partial charge in [-0.2, -0.15) is 0 Å². The van der Waals surface area contributed by atoms with Crippen molar-refractivity contribution in [3.63, 3.8) is 0 Å². The summed E-state index contributed by atoms with van der Waals surface area (Å²) in [5.74, 6) is 0.538. The zero-order valence-electron chi connectivity index (χ0n) is 23.2. The van der Waals surface area contributed by atoms with Crippen LogP contribution >= 0.6 is 23.2 Å². The molecule has 212 valence electrons. The molecule has 2 aromatic heterocycles. The Labute approximate surface area is 248 Å². The fourth-order valence-corrected chi connectivity index (χ4v) is 5.62. The van der Waals surface area contributed by atoms with Crippen LogP contribution in [0.3, 0.4) is 0 Å². The number of ether oxygens (including phenoxy) is 2. The molecule has 5 rings (SSSR count). The molecule has 0 unspecified atom stereocenters. The number of rotatable bonds is 10. The highest BCUT2D eigenvalue weighted by molar-refractivity contribution is 6.39. The lowest BCUT2D eigenvalue weighted by atomic mass is 9.98. The number of nitrogens with zero attached hydrogens (tertiary/aromatic N) is 2. The van der Waals surface area contributed by atoms with Crippen molar-refractivity contribution in [2.24, 2.45) is 0 Å². The monoisotopic (exact) mass is 592 g/mol. The third kappa shape index (κ3) is 5.71. The summed E-state index contributed by atoms with van der Waals surface area (Å²) in [5, 5.41) is 15.7. The van der Waals surface area contributed by atoms with Gasteiger partial charge in [0.05, 0.1) is 27.8 Å². The van der Waals surface area contributed by atoms with E-state index in [1.165, 1.54) is 0 Å². The Morgan fingerprint density at radius 3 is 2.51 bits per heavy atom. The minimum atomic E-state index is -0.954. The van der Waals surface area contributed by atoms with Crippen LogP contribution in [-0.4, -0.2) is 34.5 Å². The molecule has 0 fully saturated rings. The molecule has 0 amide bonds. The van der Waals surface area contributed by atoms with Crippen molar-refractivity contribution in [2.75, 3.05) is 13.7 Å². The van der Waals surface area contributed by atoms with E-state index < -0.39 is 5.97 Å². The zero-order valence-corrected chi connectivity index (χ0v) is 24.7. The molecule has 0 saturated heterocycles. The number of hydrogen-bond acceptors (Lipinski definition) is 5. The smallest absolute Gasteiger partial charge is 0.337 e. The number of carbonyl (C=O) groups is 1. The topological polar surface area (TPSA) is 86.7 Å². The lowest BCUT2D eigenvalue weighted by molar-refractivity contribution is 0.0698. The normalized spacial score (nSPS) is 11.5. The molecule has 0 saturated carbocycles. The van der Waals surface area contributed by atoms with Crippen LogP contribution in [0.4, 0.5) is 0 Å². The minimum Gasteiger partial charge on any atom is -0.489 e. The van der Waals surface area contributed by atoms with Crippen LogP contribution < -0.4 is 4.74 Å². The molecule has 41 heavy (non-hydrogen) atoms. The van der Waals surface area contributed by atoms with Crippen molar-refractivity contribution >= 4 is 40.1 Å². The van der Waals surface area contributed by atoms with Crippen LogP contribution in [0, 0.1) is 6.92 Å². The Bertz CT molecular complexity index is 1720. The average Bonchev–Trinajstić information content (AvgIpc) is 3.52. The number of hydrogen-bond donors (Lipinski definition) is 1. The van der Waals surface area contributed by atoms with E-state index in [-0.39, 0.29) is 18.1 Å². The lowest BCUT2D eigenvalue weighted by Gasteiger charge is -2.13. The average molecular weight is 594 g/mol. The molecule has 1 N–H and O–H groups in total. The number of methoxy groups -OCH3 is 1. The van der Waals surface area contributed by atoms with Crippen LogP contribution in [0.2, 0.25) is 10.0 Å². The molecular weight excluding hydrogens is 563 g/mol. The van der Waals surface area contributed by atoms with Gasteiger partial charge in [-0.25, -0.2) is 4.79 Å². The van der Waals surface area contributed by atoms with Crippen LogP contribution in [0.15, 0.2) is 65.3 Å². The highest BCUT2D eigenvalue weighted by Gasteiger charge is 2.24. The number of benzene rings is 3. The van der Waals surface area contributed by atoms with E-state index in [4.69, 9.17) is 37.2 Å². The fraction of sp³-hybridized carbons (Fsp3) is 0.250. The predicted octanol–water partition coefficient (Wildman–Crippen LogP) is 8.63. The van der Waals surface area contributed by atoms with Crippen LogP contribution in [0.1, 0.15) is 47.0 Å². The molecule has 7 nitrogen and oxygen atoms in total. The molecule has 0 radical (unpaired) electrons. The van der Waals surface area contributed by atoms with E-state index in [0.717, 1.165) is 33.5 Å². The molecule has 3 aromatic carbocycles. The first-order valence-electron chi connectivity index (χ1n) is 13.2. The SMILES string of the molecule is COCCn1cc(C(=O)O)c2ccc(-c3ccc(OCc4c(-c5c(Cl)cccc5Cl)noc4C(C)C)cc3C)cc21. The molecule has 0 aliphatic rings. The standard InChI is InChI=1S/C32H30Cl2N2O5/c1-18(2)31-25(30(35-41-31)29-26(33)6-5-7-27(29)34)17-40-21-9-11-22(19(3)14-21)20-8-10-23-24(32(37)38)16-36(12-13-39-4)28(23)15-20/h5-11,14-16,18H,12-13,17H2,1-4H3,(H,37,38). The first-order chi connectivity index (χ1) is 19.7. The van der Waals surface area contributed by atoms with Gasteiger partial charge in [0, 0.05) is 42.2 Å². The maximum absolute atomic E-state index is 11.8. The van der Waals surface area contributed by atoms with Gasteiger partial charge in [-0.3, -0.25) is 0 Å². The molecule has 0 aliphatic heterocycles. The second-order valence-electron chi connectivity index (χ2n) is 10.2. The van der Waals surface area contributed by atoms with Gasteiger partial charge in [0.25, 0.3) is 0 Å². The maximum atomic E-state index is 11.8. The van der Waals surface area contributed by atoms with Crippen molar-refractivity contribution in [1.29, 1.82) is 0 Å². The van der Waals surface area contributed by atoms with Gasteiger partial charge in [0.15, 0.2) is 0 Å². The molecule has 2 heterocycles. The van der Waals surface area contributed by atoms with Gasteiger partial charge < -0.3 is 23.7 Å². The van der Waals surface area contributed by atoms with Crippen LogP contribution in [-0.2, 0) is 17.9 Å². The number of halogens is 2. The number of aromatic carboxylic acids is 1. The molecule has 0 atom stereocenters. The van der Waals surface area contributed by atoms with Crippen molar-refractivity contribution < 1.29 is 23.9 Å². The summed E-state index contributed by atoms with van der Waals surface area (Å²) in [5.41, 5.74) is 6.12. The Hall–Kier alpha value is -3.78. The first-order valence-corrected chi connectivity index (χ1v) is 14.0. The summed E-state index contributed by atoms with van der Waals surface area (Å²) in [6.45, 7) is 7.34. The summed E-state index contributed by atoms with van der Waals surface area (Å²) in [7, 11) is 1.63. The maximum Gasteiger partial charge on any atom is 0.337 e. The number of carboxylic acids is 1. The Morgan fingerprint density at radius 2 is 1.85 bits per heavy atom.